The summed E-state index contributed by atoms with van der Waals surface area (Å²) in [6.45, 7) is 1.16. The van der Waals surface area contributed by atoms with Crippen molar-refractivity contribution in [2.24, 2.45) is 7.05 Å². The standard InChI is InChI=1S/C15H19FN4O2S/c1-19-15(8-9-17-19)23(21,22)18-12-5-4-10-20(11-12)14-7-3-2-6-13(14)16/h2-3,6-9,12,18H,4-5,10-11H2,1H3/t12-/m0/s1. The average Bonchev–Trinajstić information content (AvgIpc) is 2.95. The number of sulfonamides is 1. The number of hydrogen-bond acceptors (Lipinski definition) is 4. The maximum Gasteiger partial charge on any atom is 0.258 e. The Hall–Kier alpha value is -1.93. The lowest BCUT2D eigenvalue weighted by Gasteiger charge is -2.34. The van der Waals surface area contributed by atoms with E-state index in [0.29, 0.717) is 18.8 Å². The van der Waals surface area contributed by atoms with Crippen LogP contribution in [0.15, 0.2) is 41.6 Å². The molecule has 1 aromatic heterocycles. The van der Waals surface area contributed by atoms with Gasteiger partial charge in [-0.15, -0.1) is 0 Å². The van der Waals surface area contributed by atoms with Crippen LogP contribution in [0.25, 0.3) is 0 Å². The summed E-state index contributed by atoms with van der Waals surface area (Å²) in [4.78, 5) is 1.88. The van der Waals surface area contributed by atoms with Crippen molar-refractivity contribution < 1.29 is 12.8 Å². The van der Waals surface area contributed by atoms with Crippen LogP contribution in [0.3, 0.4) is 0 Å². The molecule has 0 radical (unpaired) electrons. The Labute approximate surface area is 135 Å². The molecule has 1 fully saturated rings. The lowest BCUT2D eigenvalue weighted by Crippen LogP contribution is -2.48. The minimum atomic E-state index is -3.63. The third kappa shape index (κ3) is 3.37. The summed E-state index contributed by atoms with van der Waals surface area (Å²) in [6, 6.07) is 7.75. The SMILES string of the molecule is Cn1nccc1S(=O)(=O)N[C@H]1CCCN(c2ccccc2F)C1. The number of aromatic nitrogens is 2. The molecule has 0 aliphatic carbocycles. The zero-order valence-corrected chi connectivity index (χ0v) is 13.6. The molecule has 3 rings (SSSR count). The molecular formula is C15H19FN4O2S. The number of para-hydroxylation sites is 1. The van der Waals surface area contributed by atoms with Gasteiger partial charge in [0.1, 0.15) is 5.82 Å². The van der Waals surface area contributed by atoms with Crippen molar-refractivity contribution in [3.63, 3.8) is 0 Å². The molecule has 1 N–H and O–H groups in total. The van der Waals surface area contributed by atoms with Crippen molar-refractivity contribution >= 4 is 15.7 Å². The van der Waals surface area contributed by atoms with Gasteiger partial charge in [-0.1, -0.05) is 12.1 Å². The monoisotopic (exact) mass is 338 g/mol. The lowest BCUT2D eigenvalue weighted by atomic mass is 10.1. The Morgan fingerprint density at radius 2 is 2.09 bits per heavy atom. The second kappa shape index (κ2) is 6.29. The van der Waals surface area contributed by atoms with Gasteiger partial charge in [0, 0.05) is 26.2 Å². The molecule has 23 heavy (non-hydrogen) atoms. The molecule has 0 spiro atoms. The average molecular weight is 338 g/mol. The summed E-state index contributed by atoms with van der Waals surface area (Å²) in [5.41, 5.74) is 0.511. The van der Waals surface area contributed by atoms with Crippen LogP contribution in [0.1, 0.15) is 12.8 Å². The molecule has 0 bridgehead atoms. The molecule has 0 unspecified atom stereocenters. The van der Waals surface area contributed by atoms with E-state index in [-0.39, 0.29) is 16.9 Å². The van der Waals surface area contributed by atoms with Gasteiger partial charge in [-0.3, -0.25) is 4.68 Å². The lowest BCUT2D eigenvalue weighted by molar-refractivity contribution is 0.458. The van der Waals surface area contributed by atoms with Gasteiger partial charge in [0.05, 0.1) is 11.9 Å². The minimum Gasteiger partial charge on any atom is -0.368 e. The Balaban J connectivity index is 1.75. The number of nitrogens with zero attached hydrogens (tertiary/aromatic N) is 3. The van der Waals surface area contributed by atoms with Crippen molar-refractivity contribution in [1.82, 2.24) is 14.5 Å². The molecule has 124 valence electrons. The van der Waals surface area contributed by atoms with E-state index in [1.807, 2.05) is 4.90 Å². The predicted octanol–water partition coefficient (Wildman–Crippen LogP) is 1.51. The van der Waals surface area contributed by atoms with E-state index in [0.717, 1.165) is 12.8 Å². The largest absolute Gasteiger partial charge is 0.368 e. The van der Waals surface area contributed by atoms with Gasteiger partial charge in [0.15, 0.2) is 5.03 Å². The van der Waals surface area contributed by atoms with Crippen molar-refractivity contribution in [1.29, 1.82) is 0 Å². The van der Waals surface area contributed by atoms with E-state index >= 15 is 0 Å². The first-order chi connectivity index (χ1) is 11.0. The smallest absolute Gasteiger partial charge is 0.258 e. The van der Waals surface area contributed by atoms with Crippen molar-refractivity contribution in [2.45, 2.75) is 23.9 Å². The summed E-state index contributed by atoms with van der Waals surface area (Å²) < 4.78 is 42.8. The molecule has 0 amide bonds. The minimum absolute atomic E-state index is 0.125. The molecule has 1 aromatic carbocycles. The molecule has 2 heterocycles. The second-order valence-corrected chi connectivity index (χ2v) is 7.31. The fraction of sp³-hybridized carbons (Fsp3) is 0.400. The number of benzene rings is 1. The first-order valence-corrected chi connectivity index (χ1v) is 8.95. The van der Waals surface area contributed by atoms with Gasteiger partial charge in [0.25, 0.3) is 10.0 Å². The van der Waals surface area contributed by atoms with E-state index in [2.05, 4.69) is 9.82 Å². The number of anilines is 1. The molecule has 1 aliphatic heterocycles. The highest BCUT2D eigenvalue weighted by Gasteiger charge is 2.27. The second-order valence-electron chi connectivity index (χ2n) is 5.65. The van der Waals surface area contributed by atoms with E-state index in [1.54, 1.807) is 25.2 Å². The van der Waals surface area contributed by atoms with E-state index < -0.39 is 10.0 Å². The normalized spacial score (nSPS) is 19.0. The highest BCUT2D eigenvalue weighted by Crippen LogP contribution is 2.23. The number of piperidine rings is 1. The molecule has 8 heteroatoms. The molecule has 1 aliphatic rings. The third-order valence-corrected chi connectivity index (χ3v) is 5.58. The summed E-state index contributed by atoms with van der Waals surface area (Å²) in [5.74, 6) is -0.289. The summed E-state index contributed by atoms with van der Waals surface area (Å²) in [5, 5.41) is 4.01. The molecular weight excluding hydrogens is 319 g/mol. The van der Waals surface area contributed by atoms with Crippen LogP contribution in [0.4, 0.5) is 10.1 Å². The van der Waals surface area contributed by atoms with Crippen LogP contribution in [0.5, 0.6) is 0 Å². The van der Waals surface area contributed by atoms with Gasteiger partial charge in [0.2, 0.25) is 0 Å². The highest BCUT2D eigenvalue weighted by molar-refractivity contribution is 7.89. The zero-order chi connectivity index (χ0) is 16.4. The van der Waals surface area contributed by atoms with Crippen molar-refractivity contribution in [2.75, 3.05) is 18.0 Å². The zero-order valence-electron chi connectivity index (χ0n) is 12.8. The maximum absolute atomic E-state index is 13.9. The Morgan fingerprint density at radius 3 is 2.78 bits per heavy atom. The quantitative estimate of drug-likeness (QED) is 0.918. The predicted molar refractivity (Wildman–Crippen MR) is 85.2 cm³/mol. The van der Waals surface area contributed by atoms with Crippen LogP contribution in [-0.4, -0.2) is 37.3 Å². The van der Waals surface area contributed by atoms with Gasteiger partial charge in [-0.2, -0.15) is 5.10 Å². The fourth-order valence-corrected chi connectivity index (χ4v) is 4.29. The van der Waals surface area contributed by atoms with Crippen LogP contribution < -0.4 is 9.62 Å². The van der Waals surface area contributed by atoms with Crippen LogP contribution in [0.2, 0.25) is 0 Å². The van der Waals surface area contributed by atoms with Gasteiger partial charge in [-0.25, -0.2) is 17.5 Å². The Kier molecular flexibility index (Phi) is 4.36. The molecule has 6 nitrogen and oxygen atoms in total. The number of rotatable bonds is 4. The van der Waals surface area contributed by atoms with Gasteiger partial charge in [-0.05, 0) is 31.0 Å². The fourth-order valence-electron chi connectivity index (χ4n) is 2.91. The van der Waals surface area contributed by atoms with Crippen molar-refractivity contribution in [3.8, 4) is 0 Å². The first kappa shape index (κ1) is 15.9. The number of aryl methyl sites for hydroxylation is 1. The summed E-state index contributed by atoms with van der Waals surface area (Å²) >= 11 is 0. The van der Waals surface area contributed by atoms with Gasteiger partial charge < -0.3 is 4.90 Å². The third-order valence-electron chi connectivity index (χ3n) is 3.99. The first-order valence-electron chi connectivity index (χ1n) is 7.47. The van der Waals surface area contributed by atoms with Gasteiger partial charge >= 0.3 is 0 Å². The van der Waals surface area contributed by atoms with E-state index in [9.17, 15) is 12.8 Å². The molecule has 1 atom stereocenters. The van der Waals surface area contributed by atoms with Crippen molar-refractivity contribution in [3.05, 3.63) is 42.3 Å². The Bertz CT molecular complexity index is 790. The highest BCUT2D eigenvalue weighted by atomic mass is 32.2. The maximum atomic E-state index is 13.9. The van der Waals surface area contributed by atoms with E-state index in [4.69, 9.17) is 0 Å². The summed E-state index contributed by atoms with van der Waals surface area (Å²) in [6.07, 6.45) is 2.97. The van der Waals surface area contributed by atoms with Crippen LogP contribution in [0, 0.1) is 5.82 Å². The molecule has 2 aromatic rings. The number of nitrogens with one attached hydrogen (secondary N) is 1. The molecule has 1 saturated heterocycles. The van der Waals surface area contributed by atoms with Crippen LogP contribution in [-0.2, 0) is 17.1 Å². The summed E-state index contributed by atoms with van der Waals surface area (Å²) in [7, 11) is -2.05. The van der Waals surface area contributed by atoms with E-state index in [1.165, 1.54) is 23.0 Å². The Morgan fingerprint density at radius 1 is 1.30 bits per heavy atom. The number of halogens is 1. The number of hydrogen-bond donors (Lipinski definition) is 1. The van der Waals surface area contributed by atoms with Crippen LogP contribution >= 0.6 is 0 Å². The topological polar surface area (TPSA) is 67.2 Å². The molecule has 0 saturated carbocycles.